The van der Waals surface area contributed by atoms with Gasteiger partial charge in [0.05, 0.1) is 5.56 Å². The monoisotopic (exact) mass is 272 g/mol. The van der Waals surface area contributed by atoms with Crippen molar-refractivity contribution >= 4 is 11.8 Å². The number of Topliss-reactive ketones (excluding diaryl/α,β-unsaturated/α-hetero) is 1. The van der Waals surface area contributed by atoms with Gasteiger partial charge in [-0.1, -0.05) is 31.7 Å². The van der Waals surface area contributed by atoms with Crippen molar-refractivity contribution in [1.29, 1.82) is 0 Å². The van der Waals surface area contributed by atoms with Crippen molar-refractivity contribution in [1.82, 2.24) is 0 Å². The minimum Gasteiger partial charge on any atom is -0.423 e. The van der Waals surface area contributed by atoms with E-state index in [0.29, 0.717) is 17.7 Å². The van der Waals surface area contributed by atoms with Crippen LogP contribution < -0.4 is 0 Å². The molecule has 0 aliphatic heterocycles. The Morgan fingerprint density at radius 1 is 1.25 bits per heavy atom. The predicted molar refractivity (Wildman–Crippen MR) is 79.3 cm³/mol. The second-order valence-electron chi connectivity index (χ2n) is 4.57. The van der Waals surface area contributed by atoms with Crippen LogP contribution in [0.5, 0.6) is 0 Å². The Bertz CT molecular complexity index is 512. The summed E-state index contributed by atoms with van der Waals surface area (Å²) in [4.78, 5) is 23.6. The van der Waals surface area contributed by atoms with Crippen molar-refractivity contribution in [2.75, 3.05) is 0 Å². The van der Waals surface area contributed by atoms with E-state index in [1.165, 1.54) is 6.08 Å². The molecule has 3 nitrogen and oxygen atoms in total. The highest BCUT2D eigenvalue weighted by molar-refractivity contribution is 5.90. The number of rotatable bonds is 7. The fourth-order valence-corrected chi connectivity index (χ4v) is 1.79. The molecule has 0 atom stereocenters. The summed E-state index contributed by atoms with van der Waals surface area (Å²) in [6.45, 7) is 7.38. The van der Waals surface area contributed by atoms with Crippen molar-refractivity contribution in [2.24, 2.45) is 0 Å². The lowest BCUT2D eigenvalue weighted by Crippen LogP contribution is -2.07. The molecule has 0 aliphatic carbocycles. The molecule has 0 saturated carbocycles. The molecule has 1 aromatic rings. The van der Waals surface area contributed by atoms with Gasteiger partial charge < -0.3 is 4.74 Å². The number of carbonyl (C=O) groups excluding carboxylic acids is 2. The predicted octanol–water partition coefficient (Wildman–Crippen LogP) is 4.06. The Morgan fingerprint density at radius 3 is 2.45 bits per heavy atom. The Hall–Kier alpha value is -2.16. The lowest BCUT2D eigenvalue weighted by Gasteiger charge is -2.09. The van der Waals surface area contributed by atoms with E-state index in [4.69, 9.17) is 4.74 Å². The van der Waals surface area contributed by atoms with Gasteiger partial charge in [0, 0.05) is 12.8 Å². The van der Waals surface area contributed by atoms with Gasteiger partial charge >= 0.3 is 5.97 Å². The molecule has 0 heterocycles. The third-order valence-electron chi connectivity index (χ3n) is 2.81. The quantitative estimate of drug-likeness (QED) is 0.427. The van der Waals surface area contributed by atoms with Crippen molar-refractivity contribution in [3.8, 4) is 0 Å². The van der Waals surface area contributed by atoms with Gasteiger partial charge in [-0.25, -0.2) is 4.79 Å². The zero-order valence-electron chi connectivity index (χ0n) is 12.0. The van der Waals surface area contributed by atoms with E-state index in [-0.39, 0.29) is 12.2 Å². The second-order valence-corrected chi connectivity index (χ2v) is 4.57. The summed E-state index contributed by atoms with van der Waals surface area (Å²) in [6, 6.07) is 8.73. The number of hydrogen-bond acceptors (Lipinski definition) is 3. The summed E-state index contributed by atoms with van der Waals surface area (Å²) >= 11 is 0. The standard InChI is InChI=1S/C17H20O3/c1-4-9-15(18)12-13(3)16(5-2)20-17(19)14-10-7-6-8-11-14/h5-8,10-11H,2,4,9,12H2,1,3H3/b16-13-. The maximum absolute atomic E-state index is 11.9. The summed E-state index contributed by atoms with van der Waals surface area (Å²) < 4.78 is 5.30. The van der Waals surface area contributed by atoms with E-state index in [2.05, 4.69) is 6.58 Å². The largest absolute Gasteiger partial charge is 0.423 e. The average Bonchev–Trinajstić information content (AvgIpc) is 2.45. The molecule has 0 fully saturated rings. The molecule has 3 heteroatoms. The number of benzene rings is 1. The van der Waals surface area contributed by atoms with Gasteiger partial charge in [-0.15, -0.1) is 0 Å². The number of hydrogen-bond donors (Lipinski definition) is 0. The molecule has 0 aliphatic rings. The Balaban J connectivity index is 2.78. The molecule has 1 rings (SSSR count). The molecule has 0 unspecified atom stereocenters. The van der Waals surface area contributed by atoms with Gasteiger partial charge in [-0.3, -0.25) is 4.79 Å². The van der Waals surface area contributed by atoms with Gasteiger partial charge in [0.2, 0.25) is 0 Å². The Labute approximate surface area is 120 Å². The molecular formula is C17H20O3. The minimum absolute atomic E-state index is 0.139. The first kappa shape index (κ1) is 15.9. The summed E-state index contributed by atoms with van der Waals surface area (Å²) in [5.41, 5.74) is 1.20. The fraction of sp³-hybridized carbons (Fsp3) is 0.294. The molecule has 0 aromatic heterocycles. The lowest BCUT2D eigenvalue weighted by molar-refractivity contribution is -0.118. The first-order valence-electron chi connectivity index (χ1n) is 6.69. The van der Waals surface area contributed by atoms with Gasteiger partial charge in [0.25, 0.3) is 0 Å². The number of allylic oxidation sites excluding steroid dienone is 2. The third-order valence-corrected chi connectivity index (χ3v) is 2.81. The first-order valence-corrected chi connectivity index (χ1v) is 6.69. The van der Waals surface area contributed by atoms with E-state index in [9.17, 15) is 9.59 Å². The van der Waals surface area contributed by atoms with Gasteiger partial charge in [-0.2, -0.15) is 0 Å². The topological polar surface area (TPSA) is 43.4 Å². The number of carbonyl (C=O) groups is 2. The third kappa shape index (κ3) is 4.84. The summed E-state index contributed by atoms with van der Waals surface area (Å²) in [7, 11) is 0. The normalized spacial score (nSPS) is 11.5. The SMILES string of the molecule is C=C/C(OC(=O)c1ccccc1)=C(\C)CC(=O)CCC. The zero-order chi connectivity index (χ0) is 15.0. The molecule has 1 aromatic carbocycles. The van der Waals surface area contributed by atoms with Gasteiger partial charge in [-0.05, 0) is 37.1 Å². The number of ketones is 1. The molecule has 106 valence electrons. The molecule has 20 heavy (non-hydrogen) atoms. The molecule has 0 spiro atoms. The smallest absolute Gasteiger partial charge is 0.343 e. The van der Waals surface area contributed by atoms with Crippen LogP contribution in [-0.2, 0) is 9.53 Å². The highest BCUT2D eigenvalue weighted by atomic mass is 16.5. The van der Waals surface area contributed by atoms with E-state index in [1.807, 2.05) is 13.0 Å². The molecule has 0 saturated heterocycles. The maximum atomic E-state index is 11.9. The molecular weight excluding hydrogens is 252 g/mol. The first-order chi connectivity index (χ1) is 9.58. The van der Waals surface area contributed by atoms with Crippen molar-refractivity contribution in [2.45, 2.75) is 33.1 Å². The van der Waals surface area contributed by atoms with Crippen LogP contribution in [-0.4, -0.2) is 11.8 Å². The Morgan fingerprint density at radius 2 is 1.90 bits per heavy atom. The molecule has 0 N–H and O–H groups in total. The summed E-state index contributed by atoms with van der Waals surface area (Å²) in [6.07, 6.45) is 3.11. The van der Waals surface area contributed by atoms with Crippen LogP contribution in [0.2, 0.25) is 0 Å². The van der Waals surface area contributed by atoms with E-state index < -0.39 is 5.97 Å². The van der Waals surface area contributed by atoms with Crippen LogP contribution in [0.15, 0.2) is 54.3 Å². The number of esters is 1. The molecule has 0 radical (unpaired) electrons. The maximum Gasteiger partial charge on any atom is 0.343 e. The Kier molecular flexibility index (Phi) is 6.44. The van der Waals surface area contributed by atoms with E-state index in [1.54, 1.807) is 31.2 Å². The van der Waals surface area contributed by atoms with Crippen LogP contribution in [0, 0.1) is 0 Å². The van der Waals surface area contributed by atoms with E-state index >= 15 is 0 Å². The second kappa shape index (κ2) is 8.10. The van der Waals surface area contributed by atoms with Crippen LogP contribution in [0.3, 0.4) is 0 Å². The van der Waals surface area contributed by atoms with E-state index in [0.717, 1.165) is 12.0 Å². The highest BCUT2D eigenvalue weighted by Gasteiger charge is 2.12. The molecule has 0 amide bonds. The van der Waals surface area contributed by atoms with Crippen LogP contribution in [0.4, 0.5) is 0 Å². The summed E-state index contributed by atoms with van der Waals surface area (Å²) in [5.74, 6) is 0.0613. The van der Waals surface area contributed by atoms with Crippen LogP contribution in [0.25, 0.3) is 0 Å². The van der Waals surface area contributed by atoms with Crippen molar-refractivity contribution in [3.05, 3.63) is 59.9 Å². The van der Waals surface area contributed by atoms with Crippen molar-refractivity contribution < 1.29 is 14.3 Å². The minimum atomic E-state index is -0.442. The number of ether oxygens (including phenoxy) is 1. The highest BCUT2D eigenvalue weighted by Crippen LogP contribution is 2.15. The van der Waals surface area contributed by atoms with Crippen LogP contribution >= 0.6 is 0 Å². The fourth-order valence-electron chi connectivity index (χ4n) is 1.79. The summed E-state index contributed by atoms with van der Waals surface area (Å²) in [5, 5.41) is 0. The van der Waals surface area contributed by atoms with Gasteiger partial charge in [0.15, 0.2) is 0 Å². The van der Waals surface area contributed by atoms with Crippen LogP contribution in [0.1, 0.15) is 43.5 Å². The van der Waals surface area contributed by atoms with Crippen molar-refractivity contribution in [3.63, 3.8) is 0 Å². The van der Waals surface area contributed by atoms with Gasteiger partial charge in [0.1, 0.15) is 11.5 Å². The average molecular weight is 272 g/mol. The molecule has 0 bridgehead atoms. The lowest BCUT2D eigenvalue weighted by atomic mass is 10.1. The zero-order valence-corrected chi connectivity index (χ0v) is 12.0.